The van der Waals surface area contributed by atoms with E-state index in [-0.39, 0.29) is 5.91 Å². The van der Waals surface area contributed by atoms with Crippen molar-refractivity contribution in [3.05, 3.63) is 0 Å². The molecule has 4 nitrogen and oxygen atoms in total. The number of carbonyl (C=O) groups excluding carboxylic acids is 2. The fraction of sp³-hybridized carbons (Fsp3) is 0.909. The van der Waals surface area contributed by atoms with E-state index in [2.05, 4.69) is 10.2 Å². The van der Waals surface area contributed by atoms with Crippen LogP contribution in [0.1, 0.15) is 103 Å². The zero-order valence-corrected chi connectivity index (χ0v) is 16.5. The topological polar surface area (TPSA) is 49.4 Å². The van der Waals surface area contributed by atoms with Gasteiger partial charge in [-0.15, -0.1) is 0 Å². The molecule has 1 aliphatic heterocycles. The molecule has 0 radical (unpaired) electrons. The minimum Gasteiger partial charge on any atom is -0.353 e. The summed E-state index contributed by atoms with van der Waals surface area (Å²) in [6.07, 6.45) is 18.0. The van der Waals surface area contributed by atoms with E-state index in [0.717, 1.165) is 31.7 Å². The predicted octanol–water partition coefficient (Wildman–Crippen LogP) is 4.57. The maximum Gasteiger partial charge on any atom is 0.222 e. The van der Waals surface area contributed by atoms with E-state index in [9.17, 15) is 9.59 Å². The molecule has 2 atom stereocenters. The molecule has 2 saturated carbocycles. The molecule has 0 aromatic heterocycles. The van der Waals surface area contributed by atoms with Gasteiger partial charge in [0.2, 0.25) is 11.8 Å². The van der Waals surface area contributed by atoms with E-state index in [1.807, 2.05) is 0 Å². The lowest BCUT2D eigenvalue weighted by Gasteiger charge is -2.44. The van der Waals surface area contributed by atoms with Gasteiger partial charge in [0.1, 0.15) is 0 Å². The van der Waals surface area contributed by atoms with Gasteiger partial charge in [0, 0.05) is 31.5 Å². The van der Waals surface area contributed by atoms with E-state index in [0.29, 0.717) is 37.3 Å². The van der Waals surface area contributed by atoms with Crippen molar-refractivity contribution in [1.82, 2.24) is 10.2 Å². The molecule has 2 unspecified atom stereocenters. The highest BCUT2D eigenvalue weighted by Crippen LogP contribution is 2.35. The van der Waals surface area contributed by atoms with Crippen LogP contribution in [0.5, 0.6) is 0 Å². The standard InChI is InChI=1S/C22H38N2O2/c25-21(23-19-12-4-2-1-3-5-13-19)15-8-16-22(26)24-17-9-11-18-10-6-7-14-20(18)24/h18-20H,1-17H2,(H,23,25). The molecule has 2 amide bonds. The number of amides is 2. The predicted molar refractivity (Wildman–Crippen MR) is 105 cm³/mol. The summed E-state index contributed by atoms with van der Waals surface area (Å²) in [5.41, 5.74) is 0. The molecule has 0 aromatic carbocycles. The Kier molecular flexibility index (Phi) is 7.82. The van der Waals surface area contributed by atoms with Crippen LogP contribution in [0.25, 0.3) is 0 Å². The van der Waals surface area contributed by atoms with Gasteiger partial charge in [-0.25, -0.2) is 0 Å². The van der Waals surface area contributed by atoms with Crippen molar-refractivity contribution < 1.29 is 9.59 Å². The zero-order valence-electron chi connectivity index (χ0n) is 16.5. The highest BCUT2D eigenvalue weighted by Gasteiger charge is 2.35. The summed E-state index contributed by atoms with van der Waals surface area (Å²) in [6, 6.07) is 0.859. The van der Waals surface area contributed by atoms with Crippen molar-refractivity contribution >= 4 is 11.8 Å². The Morgan fingerprint density at radius 1 is 0.769 bits per heavy atom. The Hall–Kier alpha value is -1.06. The fourth-order valence-electron chi connectivity index (χ4n) is 5.38. The molecular weight excluding hydrogens is 324 g/mol. The summed E-state index contributed by atoms with van der Waals surface area (Å²) in [7, 11) is 0. The number of piperidine rings is 1. The number of hydrogen-bond acceptors (Lipinski definition) is 2. The first-order chi connectivity index (χ1) is 12.7. The summed E-state index contributed by atoms with van der Waals surface area (Å²) < 4.78 is 0. The molecule has 3 aliphatic rings. The van der Waals surface area contributed by atoms with Gasteiger partial charge >= 0.3 is 0 Å². The van der Waals surface area contributed by atoms with Crippen LogP contribution in [0.3, 0.4) is 0 Å². The lowest BCUT2D eigenvalue weighted by Crippen LogP contribution is -2.49. The molecule has 3 fully saturated rings. The summed E-state index contributed by atoms with van der Waals surface area (Å²) in [6.45, 7) is 0.939. The van der Waals surface area contributed by atoms with Crippen molar-refractivity contribution in [2.45, 2.75) is 115 Å². The van der Waals surface area contributed by atoms with Gasteiger partial charge in [-0.3, -0.25) is 9.59 Å². The normalized spacial score (nSPS) is 27.9. The zero-order chi connectivity index (χ0) is 18.2. The molecule has 1 heterocycles. The maximum absolute atomic E-state index is 12.7. The third kappa shape index (κ3) is 5.72. The molecule has 148 valence electrons. The molecule has 2 aliphatic carbocycles. The maximum atomic E-state index is 12.7. The van der Waals surface area contributed by atoms with E-state index in [1.165, 1.54) is 64.2 Å². The van der Waals surface area contributed by atoms with Crippen molar-refractivity contribution in [3.63, 3.8) is 0 Å². The number of likely N-dealkylation sites (tertiary alicyclic amines) is 1. The number of nitrogens with one attached hydrogen (secondary N) is 1. The largest absolute Gasteiger partial charge is 0.353 e. The summed E-state index contributed by atoms with van der Waals surface area (Å²) in [5, 5.41) is 3.22. The SMILES string of the molecule is O=C(CCCC(=O)N1CCCC2CCCCC21)NC1CCCCCCC1. The molecule has 1 saturated heterocycles. The molecule has 0 bridgehead atoms. The van der Waals surface area contributed by atoms with E-state index in [4.69, 9.17) is 0 Å². The summed E-state index contributed by atoms with van der Waals surface area (Å²) >= 11 is 0. The van der Waals surface area contributed by atoms with Crippen molar-refractivity contribution in [2.24, 2.45) is 5.92 Å². The van der Waals surface area contributed by atoms with Crippen LogP contribution in [-0.4, -0.2) is 35.3 Å². The summed E-state index contributed by atoms with van der Waals surface area (Å²) in [4.78, 5) is 27.1. The Bertz CT molecular complexity index is 455. The second kappa shape index (κ2) is 10.3. The fourth-order valence-corrected chi connectivity index (χ4v) is 5.38. The Morgan fingerprint density at radius 2 is 1.42 bits per heavy atom. The van der Waals surface area contributed by atoms with Crippen molar-refractivity contribution in [3.8, 4) is 0 Å². The lowest BCUT2D eigenvalue weighted by molar-refractivity contribution is -0.137. The molecule has 0 spiro atoms. The second-order valence-electron chi connectivity index (χ2n) is 8.80. The third-order valence-electron chi connectivity index (χ3n) is 6.83. The van der Waals surface area contributed by atoms with Crippen LogP contribution >= 0.6 is 0 Å². The first-order valence-electron chi connectivity index (χ1n) is 11.3. The average Bonchev–Trinajstić information content (AvgIpc) is 2.63. The number of hydrogen-bond donors (Lipinski definition) is 1. The van der Waals surface area contributed by atoms with Gasteiger partial charge in [0.15, 0.2) is 0 Å². The van der Waals surface area contributed by atoms with Crippen LogP contribution in [-0.2, 0) is 9.59 Å². The van der Waals surface area contributed by atoms with Gasteiger partial charge in [-0.1, -0.05) is 44.9 Å². The van der Waals surface area contributed by atoms with E-state index >= 15 is 0 Å². The van der Waals surface area contributed by atoms with Crippen LogP contribution in [0, 0.1) is 5.92 Å². The Labute approximate surface area is 159 Å². The molecule has 0 aromatic rings. The molecule has 4 heteroatoms. The van der Waals surface area contributed by atoms with Crippen LogP contribution in [0.2, 0.25) is 0 Å². The molecule has 26 heavy (non-hydrogen) atoms. The minimum atomic E-state index is 0.151. The Morgan fingerprint density at radius 3 is 2.23 bits per heavy atom. The number of carbonyl (C=O) groups is 2. The number of fused-ring (bicyclic) bond motifs is 1. The van der Waals surface area contributed by atoms with E-state index < -0.39 is 0 Å². The highest BCUT2D eigenvalue weighted by molar-refractivity contribution is 5.79. The molecular formula is C22H38N2O2. The number of rotatable bonds is 5. The third-order valence-corrected chi connectivity index (χ3v) is 6.83. The molecule has 3 rings (SSSR count). The smallest absolute Gasteiger partial charge is 0.222 e. The van der Waals surface area contributed by atoms with Crippen LogP contribution in [0.15, 0.2) is 0 Å². The van der Waals surface area contributed by atoms with E-state index in [1.54, 1.807) is 0 Å². The first kappa shape index (κ1) is 19.7. The monoisotopic (exact) mass is 362 g/mol. The summed E-state index contributed by atoms with van der Waals surface area (Å²) in [5.74, 6) is 1.18. The van der Waals surface area contributed by atoms with Gasteiger partial charge in [0.05, 0.1) is 0 Å². The lowest BCUT2D eigenvalue weighted by atomic mass is 9.78. The second-order valence-corrected chi connectivity index (χ2v) is 8.80. The van der Waals surface area contributed by atoms with Crippen molar-refractivity contribution in [2.75, 3.05) is 6.54 Å². The average molecular weight is 363 g/mol. The van der Waals surface area contributed by atoms with Crippen molar-refractivity contribution in [1.29, 1.82) is 0 Å². The number of nitrogens with zero attached hydrogens (tertiary/aromatic N) is 1. The van der Waals surface area contributed by atoms with Gasteiger partial charge in [-0.05, 0) is 50.9 Å². The van der Waals surface area contributed by atoms with Gasteiger partial charge in [0.25, 0.3) is 0 Å². The minimum absolute atomic E-state index is 0.151. The quantitative estimate of drug-likeness (QED) is 0.779. The highest BCUT2D eigenvalue weighted by atomic mass is 16.2. The van der Waals surface area contributed by atoms with Gasteiger partial charge in [-0.2, -0.15) is 0 Å². The van der Waals surface area contributed by atoms with Crippen LogP contribution < -0.4 is 5.32 Å². The molecule has 1 N–H and O–H groups in total. The van der Waals surface area contributed by atoms with Crippen LogP contribution in [0.4, 0.5) is 0 Å². The first-order valence-corrected chi connectivity index (χ1v) is 11.3. The van der Waals surface area contributed by atoms with Gasteiger partial charge < -0.3 is 10.2 Å². The Balaban J connectivity index is 1.36.